The highest BCUT2D eigenvalue weighted by Crippen LogP contribution is 2.44. The fourth-order valence-electron chi connectivity index (χ4n) is 4.69. The highest BCUT2D eigenvalue weighted by Gasteiger charge is 2.53. The van der Waals surface area contributed by atoms with E-state index in [4.69, 9.17) is 28.4 Å². The molecule has 2 aliphatic rings. The van der Waals surface area contributed by atoms with E-state index in [0.717, 1.165) is 20.8 Å². The summed E-state index contributed by atoms with van der Waals surface area (Å²) in [6, 6.07) is 0. The monoisotopic (exact) mass is 554 g/mol. The van der Waals surface area contributed by atoms with Crippen molar-refractivity contribution in [1.29, 1.82) is 0 Å². The molecule has 0 amide bonds. The van der Waals surface area contributed by atoms with Gasteiger partial charge in [0, 0.05) is 39.5 Å². The van der Waals surface area contributed by atoms with Gasteiger partial charge in [-0.3, -0.25) is 24.0 Å². The van der Waals surface area contributed by atoms with Gasteiger partial charge in [0.15, 0.2) is 30.4 Å². The first kappa shape index (κ1) is 32.1. The molecule has 0 aromatic rings. The average Bonchev–Trinajstić information content (AvgIpc) is 2.77. The second-order valence-corrected chi connectivity index (χ2v) is 10.4. The van der Waals surface area contributed by atoms with E-state index in [-0.39, 0.29) is 18.8 Å². The van der Waals surface area contributed by atoms with Crippen molar-refractivity contribution in [1.82, 2.24) is 0 Å². The Morgan fingerprint density at radius 3 is 2.05 bits per heavy atom. The number of esters is 4. The summed E-state index contributed by atoms with van der Waals surface area (Å²) in [5, 5.41) is 11.4. The minimum Gasteiger partial charge on any atom is -0.463 e. The van der Waals surface area contributed by atoms with Crippen molar-refractivity contribution < 1.29 is 57.5 Å². The number of aliphatic hydroxyl groups is 1. The Kier molecular flexibility index (Phi) is 10.6. The number of carbonyl (C=O) groups excluding carboxylic acids is 5. The molecule has 39 heavy (non-hydrogen) atoms. The van der Waals surface area contributed by atoms with Crippen LogP contribution in [0, 0.1) is 5.41 Å². The van der Waals surface area contributed by atoms with Crippen LogP contribution >= 0.6 is 0 Å². The Labute approximate surface area is 227 Å². The Morgan fingerprint density at radius 1 is 1.00 bits per heavy atom. The van der Waals surface area contributed by atoms with Crippen molar-refractivity contribution in [2.75, 3.05) is 6.61 Å². The molecular weight excluding hydrogens is 516 g/mol. The molecule has 2 rings (SSSR count). The van der Waals surface area contributed by atoms with Crippen LogP contribution in [0.15, 0.2) is 23.8 Å². The summed E-state index contributed by atoms with van der Waals surface area (Å²) >= 11 is 0. The van der Waals surface area contributed by atoms with Gasteiger partial charge in [-0.05, 0) is 31.6 Å². The van der Waals surface area contributed by atoms with E-state index in [1.54, 1.807) is 33.8 Å². The third kappa shape index (κ3) is 8.20. The minimum absolute atomic E-state index is 0.0858. The van der Waals surface area contributed by atoms with Gasteiger partial charge in [0.25, 0.3) is 0 Å². The zero-order valence-corrected chi connectivity index (χ0v) is 23.5. The first-order valence-electron chi connectivity index (χ1n) is 12.6. The molecule has 218 valence electrons. The maximum absolute atomic E-state index is 12.0. The fraction of sp³-hybridized carbons (Fsp3) is 0.667. The maximum atomic E-state index is 12.0. The summed E-state index contributed by atoms with van der Waals surface area (Å²) in [6.45, 7) is 11.0. The van der Waals surface area contributed by atoms with Crippen molar-refractivity contribution >= 4 is 29.7 Å². The van der Waals surface area contributed by atoms with Gasteiger partial charge >= 0.3 is 23.9 Å². The molecule has 0 aromatic heterocycles. The van der Waals surface area contributed by atoms with Gasteiger partial charge in [0.2, 0.25) is 0 Å². The number of allylic oxidation sites excluding steroid dienone is 1. The molecule has 1 aliphatic carbocycles. The summed E-state index contributed by atoms with van der Waals surface area (Å²) in [5.74, 6) is -2.97. The van der Waals surface area contributed by atoms with Crippen LogP contribution in [0.3, 0.4) is 0 Å². The fourth-order valence-corrected chi connectivity index (χ4v) is 4.69. The van der Waals surface area contributed by atoms with Gasteiger partial charge in [-0.15, -0.1) is 0 Å². The second kappa shape index (κ2) is 12.8. The topological polar surface area (TPSA) is 161 Å². The van der Waals surface area contributed by atoms with Crippen LogP contribution in [0.25, 0.3) is 0 Å². The molecule has 1 saturated heterocycles. The van der Waals surface area contributed by atoms with Gasteiger partial charge in [-0.2, -0.15) is 0 Å². The summed E-state index contributed by atoms with van der Waals surface area (Å²) < 4.78 is 33.1. The Morgan fingerprint density at radius 2 is 1.54 bits per heavy atom. The van der Waals surface area contributed by atoms with Gasteiger partial charge in [0.05, 0.1) is 6.10 Å². The number of hydrogen-bond acceptors (Lipinski definition) is 12. The van der Waals surface area contributed by atoms with Crippen molar-refractivity contribution in [2.24, 2.45) is 5.41 Å². The molecule has 1 N–H and O–H groups in total. The summed E-state index contributed by atoms with van der Waals surface area (Å²) in [4.78, 5) is 59.3. The molecule has 0 aromatic carbocycles. The Hall–Kier alpha value is -3.09. The van der Waals surface area contributed by atoms with Crippen LogP contribution in [0.2, 0.25) is 0 Å². The van der Waals surface area contributed by atoms with Gasteiger partial charge < -0.3 is 33.5 Å². The molecule has 0 radical (unpaired) electrons. The molecule has 0 spiro atoms. The largest absolute Gasteiger partial charge is 0.463 e. The smallest absolute Gasteiger partial charge is 0.303 e. The first-order valence-corrected chi connectivity index (χ1v) is 12.6. The van der Waals surface area contributed by atoms with E-state index in [1.807, 2.05) is 0 Å². The molecule has 7 atom stereocenters. The van der Waals surface area contributed by atoms with Gasteiger partial charge in [-0.1, -0.05) is 19.9 Å². The van der Waals surface area contributed by atoms with Crippen LogP contribution < -0.4 is 0 Å². The lowest BCUT2D eigenvalue weighted by Gasteiger charge is -2.45. The number of hydrogen-bond donors (Lipinski definition) is 1. The van der Waals surface area contributed by atoms with Gasteiger partial charge in [0.1, 0.15) is 18.3 Å². The van der Waals surface area contributed by atoms with Crippen molar-refractivity contribution in [2.45, 2.75) is 104 Å². The standard InChI is InChI=1S/C27H38O12/c1-14-11-20(32)12-26(7,8)27(14,33)10-9-15(2)35-25-24(38-19(6)31)23(37-18(5)30)22(36-17(4)29)21(39-25)13-34-16(3)28/h9-11,15,21-25,33H,12-13H2,1-8H3/b10-9+/t15-,21+,22+,23-,24+,25+,27+/m0/s1. The number of ketones is 1. The minimum atomic E-state index is -1.44. The van der Waals surface area contributed by atoms with Crippen molar-refractivity contribution in [3.8, 4) is 0 Å². The van der Waals surface area contributed by atoms with E-state index in [2.05, 4.69) is 0 Å². The van der Waals surface area contributed by atoms with Crippen LogP contribution in [-0.2, 0) is 52.4 Å². The second-order valence-electron chi connectivity index (χ2n) is 10.4. The first-order chi connectivity index (χ1) is 18.0. The molecule has 0 unspecified atom stereocenters. The van der Waals surface area contributed by atoms with Crippen LogP contribution in [0.5, 0.6) is 0 Å². The molecule has 1 fully saturated rings. The summed E-state index contributed by atoms with van der Waals surface area (Å²) in [5.41, 5.74) is -1.77. The average molecular weight is 555 g/mol. The van der Waals surface area contributed by atoms with Crippen molar-refractivity contribution in [3.05, 3.63) is 23.8 Å². The molecule has 0 saturated carbocycles. The lowest BCUT2D eigenvalue weighted by atomic mass is 9.64. The third-order valence-corrected chi connectivity index (χ3v) is 6.53. The molecule has 12 heteroatoms. The highest BCUT2D eigenvalue weighted by molar-refractivity contribution is 5.92. The molecule has 0 bridgehead atoms. The molecular formula is C27H38O12. The van der Waals surface area contributed by atoms with E-state index in [1.165, 1.54) is 19.1 Å². The van der Waals surface area contributed by atoms with E-state index >= 15 is 0 Å². The molecule has 1 heterocycles. The predicted octanol–water partition coefficient (Wildman–Crippen LogP) is 1.71. The quantitative estimate of drug-likeness (QED) is 0.250. The zero-order chi connectivity index (χ0) is 29.7. The lowest BCUT2D eigenvalue weighted by molar-refractivity contribution is -0.312. The zero-order valence-electron chi connectivity index (χ0n) is 23.5. The third-order valence-electron chi connectivity index (χ3n) is 6.53. The normalized spacial score (nSPS) is 31.2. The van der Waals surface area contributed by atoms with E-state index in [0.29, 0.717) is 5.57 Å². The van der Waals surface area contributed by atoms with Crippen LogP contribution in [0.4, 0.5) is 0 Å². The van der Waals surface area contributed by atoms with Gasteiger partial charge in [-0.25, -0.2) is 0 Å². The SMILES string of the molecule is CC(=O)OC[C@H]1O[C@@H](O[C@@H](C)/C=C/[C@@]2(O)C(C)=CC(=O)CC2(C)C)[C@H](OC(C)=O)[C@@H](OC(C)=O)[C@@H]1OC(C)=O. The highest BCUT2D eigenvalue weighted by atomic mass is 16.7. The molecule has 12 nitrogen and oxygen atoms in total. The predicted molar refractivity (Wildman–Crippen MR) is 134 cm³/mol. The van der Waals surface area contributed by atoms with Crippen LogP contribution in [0.1, 0.15) is 61.8 Å². The number of ether oxygens (including phenoxy) is 6. The van der Waals surface area contributed by atoms with E-state index < -0.39 is 71.7 Å². The Balaban J connectivity index is 2.42. The number of rotatable bonds is 9. The lowest BCUT2D eigenvalue weighted by Crippen LogP contribution is -2.63. The molecule has 1 aliphatic heterocycles. The van der Waals surface area contributed by atoms with Crippen molar-refractivity contribution in [3.63, 3.8) is 0 Å². The van der Waals surface area contributed by atoms with E-state index in [9.17, 15) is 29.1 Å². The maximum Gasteiger partial charge on any atom is 0.303 e. The number of carbonyl (C=O) groups is 5. The summed E-state index contributed by atoms with van der Waals surface area (Å²) in [7, 11) is 0. The van der Waals surface area contributed by atoms with Crippen LogP contribution in [-0.4, -0.2) is 83.8 Å². The summed E-state index contributed by atoms with van der Waals surface area (Å²) in [6.07, 6.45) is -2.67. The Bertz CT molecular complexity index is 1030.